The van der Waals surface area contributed by atoms with Crippen LogP contribution in [0, 0.1) is 0 Å². The van der Waals surface area contributed by atoms with Gasteiger partial charge >= 0.3 is 0 Å². The average Bonchev–Trinajstić information content (AvgIpc) is 3.22. The first-order valence-corrected chi connectivity index (χ1v) is 12.4. The molecule has 2 aromatic rings. The normalized spacial score (nSPS) is 13.4. The fourth-order valence-corrected chi connectivity index (χ4v) is 4.59. The van der Waals surface area contributed by atoms with Gasteiger partial charge in [-0.15, -0.1) is 0 Å². The van der Waals surface area contributed by atoms with Crippen LogP contribution in [0.1, 0.15) is 12.5 Å². The zero-order valence-electron chi connectivity index (χ0n) is 18.2. The third-order valence-electron chi connectivity index (χ3n) is 5.09. The second-order valence-corrected chi connectivity index (χ2v) is 10.1. The number of hydrogen-bond donors (Lipinski definition) is 1. The van der Waals surface area contributed by atoms with Gasteiger partial charge in [0, 0.05) is 29.7 Å². The quantitative estimate of drug-likeness (QED) is 0.579. The number of amides is 2. The van der Waals surface area contributed by atoms with Crippen molar-refractivity contribution in [3.63, 3.8) is 0 Å². The van der Waals surface area contributed by atoms with Gasteiger partial charge in [-0.1, -0.05) is 29.3 Å². The highest BCUT2D eigenvalue weighted by Crippen LogP contribution is 2.36. The molecular formula is C21H23Cl2N3O6S. The van der Waals surface area contributed by atoms with E-state index in [4.69, 9.17) is 32.7 Å². The molecule has 3 rings (SSSR count). The lowest BCUT2D eigenvalue weighted by Crippen LogP contribution is -2.50. The summed E-state index contributed by atoms with van der Waals surface area (Å²) in [6, 6.07) is 8.47. The molecule has 0 fully saturated rings. The van der Waals surface area contributed by atoms with Crippen LogP contribution in [0.5, 0.6) is 11.5 Å². The Bertz CT molecular complexity index is 1170. The van der Waals surface area contributed by atoms with Gasteiger partial charge in [-0.2, -0.15) is 0 Å². The van der Waals surface area contributed by atoms with Crippen LogP contribution in [0.3, 0.4) is 0 Å². The van der Waals surface area contributed by atoms with Gasteiger partial charge in [0.1, 0.15) is 12.6 Å². The first-order valence-electron chi connectivity index (χ1n) is 9.83. The molecule has 0 aliphatic carbocycles. The Balaban J connectivity index is 1.93. The first kappa shape index (κ1) is 24.9. The summed E-state index contributed by atoms with van der Waals surface area (Å²) in [5.74, 6) is -0.162. The van der Waals surface area contributed by atoms with Crippen molar-refractivity contribution in [1.82, 2.24) is 10.2 Å². The molecule has 33 heavy (non-hydrogen) atoms. The predicted molar refractivity (Wildman–Crippen MR) is 125 cm³/mol. The van der Waals surface area contributed by atoms with Crippen LogP contribution in [0.2, 0.25) is 10.0 Å². The van der Waals surface area contributed by atoms with Crippen molar-refractivity contribution < 1.29 is 27.5 Å². The summed E-state index contributed by atoms with van der Waals surface area (Å²) in [7, 11) is -2.41. The van der Waals surface area contributed by atoms with E-state index in [9.17, 15) is 18.0 Å². The number of carbonyl (C=O) groups excluding carboxylic acids is 2. The lowest BCUT2D eigenvalue weighted by molar-refractivity contribution is -0.139. The molecular weight excluding hydrogens is 493 g/mol. The van der Waals surface area contributed by atoms with Gasteiger partial charge in [-0.25, -0.2) is 8.42 Å². The number of anilines is 1. The summed E-state index contributed by atoms with van der Waals surface area (Å²) in [5, 5.41) is 3.25. The van der Waals surface area contributed by atoms with Crippen molar-refractivity contribution in [3.05, 3.63) is 52.0 Å². The van der Waals surface area contributed by atoms with E-state index in [1.54, 1.807) is 25.1 Å². The summed E-state index contributed by atoms with van der Waals surface area (Å²) >= 11 is 12.2. The van der Waals surface area contributed by atoms with Gasteiger partial charge in [-0.05, 0) is 36.8 Å². The minimum Gasteiger partial charge on any atom is -0.454 e. The highest BCUT2D eigenvalue weighted by molar-refractivity contribution is 7.92. The number of nitrogens with one attached hydrogen (secondary N) is 1. The van der Waals surface area contributed by atoms with Crippen molar-refractivity contribution in [2.75, 3.05) is 30.9 Å². The van der Waals surface area contributed by atoms with Crippen LogP contribution in [-0.4, -0.2) is 57.8 Å². The number of ether oxygens (including phenoxy) is 2. The molecule has 1 atom stereocenters. The highest BCUT2D eigenvalue weighted by Gasteiger charge is 2.30. The van der Waals surface area contributed by atoms with E-state index in [2.05, 4.69) is 5.32 Å². The Kier molecular flexibility index (Phi) is 7.61. The molecule has 12 heteroatoms. The maximum Gasteiger partial charge on any atom is 0.244 e. The van der Waals surface area contributed by atoms with Crippen LogP contribution >= 0.6 is 23.2 Å². The maximum atomic E-state index is 13.4. The molecule has 0 bridgehead atoms. The molecule has 178 valence electrons. The zero-order valence-corrected chi connectivity index (χ0v) is 20.5. The van der Waals surface area contributed by atoms with Crippen molar-refractivity contribution in [3.8, 4) is 11.5 Å². The minimum absolute atomic E-state index is 0.0237. The number of rotatable bonds is 8. The third kappa shape index (κ3) is 5.82. The van der Waals surface area contributed by atoms with E-state index in [-0.39, 0.29) is 19.0 Å². The Labute approximate surface area is 202 Å². The summed E-state index contributed by atoms with van der Waals surface area (Å²) in [6.07, 6.45) is 0.993. The molecule has 0 spiro atoms. The van der Waals surface area contributed by atoms with Crippen LogP contribution < -0.4 is 19.1 Å². The summed E-state index contributed by atoms with van der Waals surface area (Å²) in [4.78, 5) is 27.0. The molecule has 0 saturated carbocycles. The third-order valence-corrected chi connectivity index (χ3v) is 6.82. The number of nitrogens with zero attached hydrogens (tertiary/aromatic N) is 2. The topological polar surface area (TPSA) is 105 Å². The molecule has 2 amide bonds. The molecule has 0 unspecified atom stereocenters. The first-order chi connectivity index (χ1) is 15.5. The van der Waals surface area contributed by atoms with E-state index in [0.29, 0.717) is 27.1 Å². The molecule has 9 nitrogen and oxygen atoms in total. The average molecular weight is 516 g/mol. The number of fused-ring (bicyclic) bond motifs is 1. The van der Waals surface area contributed by atoms with Crippen molar-refractivity contribution in [2.24, 2.45) is 0 Å². The largest absolute Gasteiger partial charge is 0.454 e. The van der Waals surface area contributed by atoms with Gasteiger partial charge < -0.3 is 19.7 Å². The van der Waals surface area contributed by atoms with E-state index in [1.807, 2.05) is 0 Å². The van der Waals surface area contributed by atoms with Crippen LogP contribution in [0.25, 0.3) is 0 Å². The van der Waals surface area contributed by atoms with Crippen molar-refractivity contribution in [2.45, 2.75) is 19.5 Å². The van der Waals surface area contributed by atoms with Crippen LogP contribution in [0.4, 0.5) is 5.69 Å². The molecule has 1 aliphatic rings. The van der Waals surface area contributed by atoms with E-state index in [0.717, 1.165) is 10.6 Å². The molecule has 0 aromatic heterocycles. The number of halogens is 2. The van der Waals surface area contributed by atoms with Gasteiger partial charge in [0.25, 0.3) is 0 Å². The number of sulfonamides is 1. The SMILES string of the molecule is CNC(=O)[C@H](C)N(Cc1ccc(Cl)cc1Cl)C(=O)CN(c1ccc2c(c1)OCO2)S(C)(=O)=O. The Morgan fingerprint density at radius 1 is 1.12 bits per heavy atom. The van der Waals surface area contributed by atoms with Gasteiger partial charge in [0.15, 0.2) is 11.5 Å². The van der Waals surface area contributed by atoms with E-state index in [1.165, 1.54) is 30.1 Å². The second kappa shape index (κ2) is 10.1. The number of hydrogen-bond acceptors (Lipinski definition) is 6. The molecule has 2 aromatic carbocycles. The Morgan fingerprint density at radius 3 is 2.45 bits per heavy atom. The maximum absolute atomic E-state index is 13.4. The molecule has 0 radical (unpaired) electrons. The molecule has 0 saturated heterocycles. The lowest BCUT2D eigenvalue weighted by atomic mass is 10.1. The highest BCUT2D eigenvalue weighted by atomic mass is 35.5. The number of likely N-dealkylation sites (N-methyl/N-ethyl adjacent to an activating group) is 1. The van der Waals surface area contributed by atoms with Crippen LogP contribution in [0.15, 0.2) is 36.4 Å². The summed E-state index contributed by atoms with van der Waals surface area (Å²) < 4.78 is 36.7. The molecule has 1 heterocycles. The fourth-order valence-electron chi connectivity index (χ4n) is 3.28. The lowest BCUT2D eigenvalue weighted by Gasteiger charge is -2.31. The van der Waals surface area contributed by atoms with Crippen LogP contribution in [-0.2, 0) is 26.2 Å². The van der Waals surface area contributed by atoms with E-state index < -0.39 is 34.4 Å². The molecule has 1 aliphatic heterocycles. The van der Waals surface area contributed by atoms with E-state index >= 15 is 0 Å². The van der Waals surface area contributed by atoms with Gasteiger partial charge in [0.2, 0.25) is 28.6 Å². The smallest absolute Gasteiger partial charge is 0.244 e. The second-order valence-electron chi connectivity index (χ2n) is 7.35. The number of benzene rings is 2. The summed E-state index contributed by atoms with van der Waals surface area (Å²) in [6.45, 7) is 1.01. The zero-order chi connectivity index (χ0) is 24.3. The fraction of sp³-hybridized carbons (Fsp3) is 0.333. The predicted octanol–water partition coefficient (Wildman–Crippen LogP) is 2.65. The minimum atomic E-state index is -3.86. The summed E-state index contributed by atoms with van der Waals surface area (Å²) in [5.41, 5.74) is 0.784. The van der Waals surface area contributed by atoms with Gasteiger partial charge in [0.05, 0.1) is 11.9 Å². The standard InChI is InChI=1S/C21H23Cl2N3O6S/c1-13(21(28)24-2)25(10-14-4-5-15(22)8-17(14)23)20(27)11-26(33(3,29)30)16-6-7-18-19(9-16)32-12-31-18/h4-9,13H,10-12H2,1-3H3,(H,24,28)/t13-/m0/s1. The van der Waals surface area contributed by atoms with Crippen molar-refractivity contribution in [1.29, 1.82) is 0 Å². The van der Waals surface area contributed by atoms with Gasteiger partial charge in [-0.3, -0.25) is 13.9 Å². The Hall–Kier alpha value is -2.69. The molecule has 1 N–H and O–H groups in total. The monoisotopic (exact) mass is 515 g/mol. The number of carbonyl (C=O) groups is 2. The van der Waals surface area contributed by atoms with Crippen molar-refractivity contribution >= 4 is 50.7 Å². The Morgan fingerprint density at radius 2 is 1.82 bits per heavy atom.